The molecule has 1 unspecified atom stereocenters. The lowest BCUT2D eigenvalue weighted by Crippen LogP contribution is -2.29. The van der Waals surface area contributed by atoms with Crippen LogP contribution in [0.4, 0.5) is 0 Å². The Morgan fingerprint density at radius 1 is 0.607 bits per heavy atom. The molecule has 0 saturated heterocycles. The van der Waals surface area contributed by atoms with Crippen LogP contribution in [0.1, 0.15) is 136 Å². The number of hydrogen-bond donors (Lipinski definition) is 3. The number of hydrogen-bond acceptors (Lipinski definition) is 9. The predicted molar refractivity (Wildman–Crippen MR) is 230 cm³/mol. The molecule has 0 aromatic heterocycles. The first kappa shape index (κ1) is 52.9. The number of rotatable bonds is 37. The Balaban J connectivity index is 4.42. The number of phosphoric acid groups is 1. The van der Waals surface area contributed by atoms with Gasteiger partial charge in [0.25, 0.3) is 0 Å². The van der Waals surface area contributed by atoms with Crippen molar-refractivity contribution in [1.29, 1.82) is 0 Å². The van der Waals surface area contributed by atoms with Crippen molar-refractivity contribution in [3.63, 3.8) is 0 Å². The molecule has 0 radical (unpaired) electrons. The van der Waals surface area contributed by atoms with Gasteiger partial charge in [-0.15, -0.1) is 0 Å². The molecule has 3 atom stereocenters. The highest BCUT2D eigenvalue weighted by molar-refractivity contribution is 7.47. The predicted octanol–water partition coefficient (Wildman–Crippen LogP) is 10.8. The summed E-state index contributed by atoms with van der Waals surface area (Å²) in [6, 6.07) is 0. The van der Waals surface area contributed by atoms with Crippen LogP contribution in [-0.4, -0.2) is 60.5 Å². The third-order valence-corrected chi connectivity index (χ3v) is 9.00. The number of ether oxygens (including phenoxy) is 2. The summed E-state index contributed by atoms with van der Waals surface area (Å²) in [6.07, 6.45) is 47.9. The van der Waals surface area contributed by atoms with E-state index in [0.29, 0.717) is 25.7 Å². The van der Waals surface area contributed by atoms with E-state index < -0.39 is 32.5 Å². The van der Waals surface area contributed by atoms with Crippen molar-refractivity contribution in [2.45, 2.75) is 148 Å². The third-order valence-electron chi connectivity index (χ3n) is 8.01. The van der Waals surface area contributed by atoms with Crippen molar-refractivity contribution in [2.24, 2.45) is 5.73 Å². The fourth-order valence-corrected chi connectivity index (χ4v) is 5.64. The summed E-state index contributed by atoms with van der Waals surface area (Å²) in [5.41, 5.74) is 5.33. The maximum Gasteiger partial charge on any atom is 0.472 e. The van der Waals surface area contributed by atoms with E-state index in [0.717, 1.165) is 64.2 Å². The number of carbonyl (C=O) groups excluding carboxylic acids is 2. The van der Waals surface area contributed by atoms with Gasteiger partial charge in [-0.2, -0.15) is 0 Å². The Hall–Kier alpha value is -3.11. The highest BCUT2D eigenvalue weighted by Crippen LogP contribution is 2.43. The van der Waals surface area contributed by atoms with Gasteiger partial charge in [0.05, 0.1) is 19.3 Å². The van der Waals surface area contributed by atoms with Gasteiger partial charge in [0.2, 0.25) is 0 Å². The number of aliphatic hydroxyl groups is 1. The average Bonchev–Trinajstić information content (AvgIpc) is 3.18. The van der Waals surface area contributed by atoms with E-state index in [1.807, 2.05) is 30.4 Å². The standard InChI is InChI=1S/C45H74NO9P/c1-3-5-7-8-9-10-11-12-13-14-15-16-21-24-27-30-33-37-45(49)55-43(41-54-56(50,51)53-39-38-46)40-52-44(48)36-32-29-26-23-20-18-17-19-22-25-28-31-35-42(47)34-6-4-2/h9-10,12-13,15-18,22-27,31,35,42-43,47H,3-8,11,14,19-21,28-30,32-34,36-41,46H2,1-2H3,(H,50,51)/b10-9-,13-12-,16-15-,18-17-,25-22-,26-23-,27-24-,35-31-/t42-,43+/m0/s1. The Morgan fingerprint density at radius 2 is 1.07 bits per heavy atom. The van der Waals surface area contributed by atoms with E-state index in [1.54, 1.807) is 0 Å². The van der Waals surface area contributed by atoms with Gasteiger partial charge in [-0.05, 0) is 83.5 Å². The first-order chi connectivity index (χ1) is 27.2. The number of carbonyl (C=O) groups is 2. The van der Waals surface area contributed by atoms with E-state index in [-0.39, 0.29) is 38.7 Å². The third kappa shape index (κ3) is 39.1. The fourth-order valence-electron chi connectivity index (χ4n) is 4.87. The van der Waals surface area contributed by atoms with Crippen LogP contribution in [0.3, 0.4) is 0 Å². The van der Waals surface area contributed by atoms with E-state index in [4.69, 9.17) is 24.3 Å². The minimum Gasteiger partial charge on any atom is -0.462 e. The second kappa shape index (κ2) is 40.1. The molecule has 0 aliphatic carbocycles. The molecule has 0 aliphatic heterocycles. The fraction of sp³-hybridized carbons (Fsp3) is 0.600. The van der Waals surface area contributed by atoms with Gasteiger partial charge < -0.3 is 25.2 Å². The van der Waals surface area contributed by atoms with E-state index in [1.165, 1.54) is 19.3 Å². The Labute approximate surface area is 339 Å². The average molecular weight is 804 g/mol. The Bertz CT molecular complexity index is 1250. The van der Waals surface area contributed by atoms with Crippen molar-refractivity contribution in [3.8, 4) is 0 Å². The van der Waals surface area contributed by atoms with Gasteiger partial charge in [-0.1, -0.05) is 137 Å². The van der Waals surface area contributed by atoms with Crippen LogP contribution in [0.2, 0.25) is 0 Å². The smallest absolute Gasteiger partial charge is 0.462 e. The summed E-state index contributed by atoms with van der Waals surface area (Å²) in [5, 5.41) is 9.80. The highest BCUT2D eigenvalue weighted by Gasteiger charge is 2.25. The molecule has 0 aliphatic rings. The van der Waals surface area contributed by atoms with Gasteiger partial charge in [0.15, 0.2) is 6.10 Å². The summed E-state index contributed by atoms with van der Waals surface area (Å²) in [6.45, 7) is 3.37. The number of nitrogens with two attached hydrogens (primary N) is 1. The van der Waals surface area contributed by atoms with Gasteiger partial charge in [-0.25, -0.2) is 4.57 Å². The Morgan fingerprint density at radius 3 is 1.57 bits per heavy atom. The highest BCUT2D eigenvalue weighted by atomic mass is 31.2. The van der Waals surface area contributed by atoms with Gasteiger partial charge in [-0.3, -0.25) is 18.6 Å². The number of esters is 2. The normalized spacial score (nSPS) is 14.9. The molecule has 318 valence electrons. The lowest BCUT2D eigenvalue weighted by Gasteiger charge is -2.19. The largest absolute Gasteiger partial charge is 0.472 e. The van der Waals surface area contributed by atoms with Crippen LogP contribution in [0.15, 0.2) is 97.2 Å². The van der Waals surface area contributed by atoms with Crippen LogP contribution >= 0.6 is 7.82 Å². The minimum absolute atomic E-state index is 0.0258. The number of allylic oxidation sites excluding steroid dienone is 15. The molecule has 10 nitrogen and oxygen atoms in total. The van der Waals surface area contributed by atoms with Crippen LogP contribution in [-0.2, 0) is 32.7 Å². The van der Waals surface area contributed by atoms with Gasteiger partial charge in [0, 0.05) is 19.4 Å². The van der Waals surface area contributed by atoms with Crippen LogP contribution in [0.25, 0.3) is 0 Å². The summed E-state index contributed by atoms with van der Waals surface area (Å²) in [4.78, 5) is 34.8. The first-order valence-electron chi connectivity index (χ1n) is 20.8. The molecule has 56 heavy (non-hydrogen) atoms. The van der Waals surface area contributed by atoms with E-state index >= 15 is 0 Å². The second-order valence-electron chi connectivity index (χ2n) is 13.3. The molecular weight excluding hydrogens is 729 g/mol. The zero-order valence-electron chi connectivity index (χ0n) is 34.4. The van der Waals surface area contributed by atoms with Crippen LogP contribution in [0.5, 0.6) is 0 Å². The Kier molecular flexibility index (Phi) is 37.9. The molecule has 0 bridgehead atoms. The van der Waals surface area contributed by atoms with Crippen LogP contribution in [0, 0.1) is 0 Å². The summed E-state index contributed by atoms with van der Waals surface area (Å²) >= 11 is 0. The topological polar surface area (TPSA) is 155 Å². The lowest BCUT2D eigenvalue weighted by molar-refractivity contribution is -0.161. The molecule has 4 N–H and O–H groups in total. The molecule has 0 aromatic rings. The zero-order valence-corrected chi connectivity index (χ0v) is 35.3. The van der Waals surface area contributed by atoms with Crippen LogP contribution < -0.4 is 5.73 Å². The minimum atomic E-state index is -4.42. The molecule has 11 heteroatoms. The van der Waals surface area contributed by atoms with E-state index in [2.05, 4.69) is 80.7 Å². The maximum atomic E-state index is 12.5. The second-order valence-corrected chi connectivity index (χ2v) is 14.8. The van der Waals surface area contributed by atoms with Gasteiger partial charge in [0.1, 0.15) is 6.61 Å². The molecular formula is C45H74NO9P. The summed E-state index contributed by atoms with van der Waals surface area (Å²) in [7, 11) is -4.42. The zero-order chi connectivity index (χ0) is 41.2. The quantitative estimate of drug-likeness (QED) is 0.0239. The number of phosphoric ester groups is 1. The maximum absolute atomic E-state index is 12.5. The molecule has 0 amide bonds. The molecule has 0 saturated carbocycles. The lowest BCUT2D eigenvalue weighted by atomic mass is 10.1. The van der Waals surface area contributed by atoms with Crippen molar-refractivity contribution >= 4 is 19.8 Å². The molecule has 0 fully saturated rings. The van der Waals surface area contributed by atoms with Crippen molar-refractivity contribution < 1.29 is 42.7 Å². The monoisotopic (exact) mass is 804 g/mol. The van der Waals surface area contributed by atoms with Crippen molar-refractivity contribution in [2.75, 3.05) is 26.4 Å². The molecule has 0 aromatic carbocycles. The van der Waals surface area contributed by atoms with E-state index in [9.17, 15) is 24.2 Å². The molecule has 0 spiro atoms. The van der Waals surface area contributed by atoms with Crippen molar-refractivity contribution in [3.05, 3.63) is 97.2 Å². The number of unbranched alkanes of at least 4 members (excludes halogenated alkanes) is 6. The summed E-state index contributed by atoms with van der Waals surface area (Å²) < 4.78 is 32.6. The SMILES string of the molecule is CCCCC/C=C\C/C=C\C/C=C\C/C=C\CCCC(=O)O[C@H](COC(=O)CCC/C=C\C/C=C\C/C=C\C/C=C\[C@@H](O)CCCC)COP(=O)(O)OCCN. The van der Waals surface area contributed by atoms with Crippen molar-refractivity contribution in [1.82, 2.24) is 0 Å². The first-order valence-corrected chi connectivity index (χ1v) is 22.3. The summed E-state index contributed by atoms with van der Waals surface area (Å²) in [5.74, 6) is -0.994. The molecule has 0 rings (SSSR count). The number of aliphatic hydroxyl groups excluding tert-OH is 1. The molecule has 0 heterocycles. The van der Waals surface area contributed by atoms with Gasteiger partial charge >= 0.3 is 19.8 Å².